The number of esters is 2. The van der Waals surface area contributed by atoms with Crippen LogP contribution in [0.15, 0.2) is 91.0 Å². The fourth-order valence-corrected chi connectivity index (χ4v) is 8.37. The first-order valence-electron chi connectivity index (χ1n) is 18.7. The normalized spacial score (nSPS) is 15.3. The average molecular weight is 703 g/mol. The van der Waals surface area contributed by atoms with Crippen LogP contribution >= 0.6 is 11.8 Å². The molecule has 50 heavy (non-hydrogen) atoms. The molecule has 1 N–H and O–H groups in total. The van der Waals surface area contributed by atoms with Crippen molar-refractivity contribution in [2.45, 2.75) is 110 Å². The Morgan fingerprint density at radius 2 is 1.40 bits per heavy atom. The molecule has 0 amide bonds. The molecule has 0 aliphatic carbocycles. The molecule has 0 spiro atoms. The largest absolute Gasteiger partial charge is 0.469 e. The summed E-state index contributed by atoms with van der Waals surface area (Å²) in [5.74, 6) is 0.931. The summed E-state index contributed by atoms with van der Waals surface area (Å²) >= 11 is 1.70. The van der Waals surface area contributed by atoms with Crippen molar-refractivity contribution in [1.29, 1.82) is 0 Å². The molecule has 3 aromatic carbocycles. The Morgan fingerprint density at radius 1 is 0.820 bits per heavy atom. The van der Waals surface area contributed by atoms with E-state index in [0.717, 1.165) is 42.6 Å². The maximum absolute atomic E-state index is 14.5. The van der Waals surface area contributed by atoms with Gasteiger partial charge in [0.05, 0.1) is 24.5 Å². The Balaban J connectivity index is 2.09. The maximum atomic E-state index is 14.5. The van der Waals surface area contributed by atoms with Gasteiger partial charge in [-0.25, -0.2) is 0 Å². The van der Waals surface area contributed by atoms with Crippen molar-refractivity contribution < 1.29 is 24.2 Å². The van der Waals surface area contributed by atoms with Crippen LogP contribution in [-0.2, 0) is 24.5 Å². The first-order chi connectivity index (χ1) is 24.1. The van der Waals surface area contributed by atoms with Crippen LogP contribution in [0.25, 0.3) is 0 Å². The quantitative estimate of drug-likeness (QED) is 0.0783. The number of carbonyl (C=O) groups is 2. The van der Waals surface area contributed by atoms with Gasteiger partial charge in [0.2, 0.25) is 0 Å². The highest BCUT2D eigenvalue weighted by molar-refractivity contribution is 7.99. The molecule has 0 aliphatic rings. The topological polar surface area (TPSA) is 72.8 Å². The van der Waals surface area contributed by atoms with Gasteiger partial charge in [-0.2, -0.15) is 11.8 Å². The number of ether oxygens (including phenoxy) is 2. The van der Waals surface area contributed by atoms with Gasteiger partial charge in [-0.05, 0) is 73.3 Å². The highest BCUT2D eigenvalue weighted by atomic mass is 32.2. The van der Waals surface area contributed by atoms with Gasteiger partial charge in [0.25, 0.3) is 0 Å². The van der Waals surface area contributed by atoms with Gasteiger partial charge in [-0.1, -0.05) is 144 Å². The summed E-state index contributed by atoms with van der Waals surface area (Å²) in [6, 6.07) is 31.8. The van der Waals surface area contributed by atoms with Crippen LogP contribution < -0.4 is 0 Å². The van der Waals surface area contributed by atoms with Crippen LogP contribution in [0.2, 0.25) is 0 Å². The molecule has 6 heteroatoms. The summed E-state index contributed by atoms with van der Waals surface area (Å²) in [6.45, 7) is 10.4. The van der Waals surface area contributed by atoms with Gasteiger partial charge in [0, 0.05) is 11.2 Å². The van der Waals surface area contributed by atoms with Crippen molar-refractivity contribution in [2.24, 2.45) is 17.3 Å². The zero-order valence-corrected chi connectivity index (χ0v) is 32.3. The van der Waals surface area contributed by atoms with E-state index in [1.54, 1.807) is 11.8 Å². The lowest BCUT2D eigenvalue weighted by atomic mass is 9.59. The van der Waals surface area contributed by atoms with E-state index in [4.69, 9.17) is 9.47 Å². The van der Waals surface area contributed by atoms with Crippen molar-refractivity contribution in [3.05, 3.63) is 108 Å². The third-order valence-corrected chi connectivity index (χ3v) is 11.5. The number of aliphatic hydroxyl groups excluding tert-OH is 1. The standard InChI is InChI=1S/C44H62O5S/c1-7-9-10-20-27-50-32-40(45)31-49-42(47)43(5,29-35(4)41(46)48-6)33-44(38-23-16-12-17-24-38,39-25-18-13-19-26-39)30-37(28-34(3)8-2)36-21-14-11-15-22-36/h11-19,21-26,34-35,37,40,45H,7-10,20,27-33H2,1-6H3. The minimum absolute atomic E-state index is 0.0761. The Labute approximate surface area is 307 Å². The number of rotatable bonds is 23. The van der Waals surface area contributed by atoms with Gasteiger partial charge in [-0.15, -0.1) is 0 Å². The lowest BCUT2D eigenvalue weighted by Gasteiger charge is -2.44. The Hall–Kier alpha value is -3.09. The lowest BCUT2D eigenvalue weighted by Crippen LogP contribution is -2.43. The summed E-state index contributed by atoms with van der Waals surface area (Å²) in [7, 11) is 1.39. The number of methoxy groups -OCH3 is 1. The molecule has 0 aromatic heterocycles. The Bertz CT molecular complexity index is 1340. The molecule has 0 heterocycles. The summed E-state index contributed by atoms with van der Waals surface area (Å²) in [5, 5.41) is 10.8. The molecule has 0 aliphatic heterocycles. The van der Waals surface area contributed by atoms with Gasteiger partial charge in [0.1, 0.15) is 6.61 Å². The molecule has 3 aromatic rings. The first-order valence-corrected chi connectivity index (χ1v) is 19.9. The van der Waals surface area contributed by atoms with Crippen LogP contribution in [0.3, 0.4) is 0 Å². The molecule has 0 radical (unpaired) electrons. The number of hydrogen-bond donors (Lipinski definition) is 1. The molecule has 0 bridgehead atoms. The summed E-state index contributed by atoms with van der Waals surface area (Å²) in [5.41, 5.74) is 1.85. The smallest absolute Gasteiger partial charge is 0.311 e. The second kappa shape index (κ2) is 21.3. The molecular formula is C44H62O5S. The monoisotopic (exact) mass is 702 g/mol. The van der Waals surface area contributed by atoms with Crippen LogP contribution in [0.1, 0.15) is 115 Å². The highest BCUT2D eigenvalue weighted by Crippen LogP contribution is 2.51. The molecule has 5 unspecified atom stereocenters. The van der Waals surface area contributed by atoms with Gasteiger partial charge in [0.15, 0.2) is 0 Å². The van der Waals surface area contributed by atoms with Crippen LogP contribution in [-0.4, -0.2) is 48.4 Å². The first kappa shape index (κ1) is 41.3. The second-order valence-electron chi connectivity index (χ2n) is 14.6. The zero-order valence-electron chi connectivity index (χ0n) is 31.4. The van der Waals surface area contributed by atoms with E-state index in [1.165, 1.54) is 31.9 Å². The van der Waals surface area contributed by atoms with E-state index in [-0.39, 0.29) is 24.9 Å². The number of carbonyl (C=O) groups excluding carboxylic acids is 2. The van der Waals surface area contributed by atoms with Gasteiger partial charge >= 0.3 is 11.9 Å². The predicted molar refractivity (Wildman–Crippen MR) is 208 cm³/mol. The van der Waals surface area contributed by atoms with Crippen LogP contribution in [0.4, 0.5) is 0 Å². The lowest BCUT2D eigenvalue weighted by molar-refractivity contribution is -0.161. The number of hydrogen-bond acceptors (Lipinski definition) is 6. The number of benzene rings is 3. The van der Waals surface area contributed by atoms with Crippen molar-refractivity contribution in [2.75, 3.05) is 25.2 Å². The summed E-state index contributed by atoms with van der Waals surface area (Å²) < 4.78 is 11.2. The minimum Gasteiger partial charge on any atom is -0.469 e. The maximum Gasteiger partial charge on any atom is 0.311 e. The highest BCUT2D eigenvalue weighted by Gasteiger charge is 2.48. The van der Waals surface area contributed by atoms with Gasteiger partial charge in [-0.3, -0.25) is 9.59 Å². The predicted octanol–water partition coefficient (Wildman–Crippen LogP) is 10.4. The van der Waals surface area contributed by atoms with E-state index >= 15 is 0 Å². The molecular weight excluding hydrogens is 641 g/mol. The summed E-state index contributed by atoms with van der Waals surface area (Å²) in [6.07, 6.45) is 7.48. The van der Waals surface area contributed by atoms with Crippen molar-refractivity contribution in [3.8, 4) is 0 Å². The van der Waals surface area contributed by atoms with Gasteiger partial charge < -0.3 is 14.6 Å². The molecule has 3 rings (SSSR count). The van der Waals surface area contributed by atoms with E-state index in [9.17, 15) is 14.7 Å². The van der Waals surface area contributed by atoms with Crippen molar-refractivity contribution in [3.63, 3.8) is 0 Å². The van der Waals surface area contributed by atoms with E-state index in [1.807, 2.05) is 26.0 Å². The van der Waals surface area contributed by atoms with E-state index < -0.39 is 28.8 Å². The third-order valence-electron chi connectivity index (χ3n) is 10.3. The minimum atomic E-state index is -1.08. The van der Waals surface area contributed by atoms with Crippen molar-refractivity contribution in [1.82, 2.24) is 0 Å². The summed E-state index contributed by atoms with van der Waals surface area (Å²) in [4.78, 5) is 27.4. The zero-order chi connectivity index (χ0) is 36.4. The fraction of sp³-hybridized carbons (Fsp3) is 0.545. The van der Waals surface area contributed by atoms with E-state index in [0.29, 0.717) is 18.1 Å². The average Bonchev–Trinajstić information content (AvgIpc) is 3.15. The van der Waals surface area contributed by atoms with Crippen LogP contribution in [0.5, 0.6) is 0 Å². The SMILES string of the molecule is CCCCCCSCC(O)COC(=O)C(C)(CC(C)C(=O)OC)CC(CC(CC(C)CC)c1ccccc1)(c1ccccc1)c1ccccc1. The molecule has 5 nitrogen and oxygen atoms in total. The second-order valence-corrected chi connectivity index (χ2v) is 15.8. The number of aliphatic hydroxyl groups is 1. The molecule has 0 saturated carbocycles. The number of unbranched alkanes of at least 4 members (excludes halogenated alkanes) is 3. The van der Waals surface area contributed by atoms with Crippen molar-refractivity contribution >= 4 is 23.7 Å². The molecule has 0 saturated heterocycles. The van der Waals surface area contributed by atoms with E-state index in [2.05, 4.69) is 99.6 Å². The molecule has 5 atom stereocenters. The van der Waals surface area contributed by atoms with Crippen LogP contribution in [0, 0.1) is 17.3 Å². The molecule has 0 fully saturated rings. The fourth-order valence-electron chi connectivity index (χ4n) is 7.43. The third kappa shape index (κ3) is 12.3. The Kier molecular flexibility index (Phi) is 17.6. The number of thioether (sulfide) groups is 1. The molecule has 274 valence electrons. The Morgan fingerprint density at radius 3 is 1.94 bits per heavy atom.